The van der Waals surface area contributed by atoms with E-state index in [9.17, 15) is 10.1 Å². The fraction of sp³-hybridized carbons (Fsp3) is 0.579. The van der Waals surface area contributed by atoms with E-state index in [1.807, 2.05) is 17.0 Å². The second-order valence-corrected chi connectivity index (χ2v) is 7.27. The van der Waals surface area contributed by atoms with Crippen molar-refractivity contribution in [2.45, 2.75) is 38.5 Å². The first-order chi connectivity index (χ1) is 11.7. The van der Waals surface area contributed by atoms with E-state index in [1.54, 1.807) is 6.07 Å². The number of amides is 1. The van der Waals surface area contributed by atoms with E-state index in [0.29, 0.717) is 17.0 Å². The summed E-state index contributed by atoms with van der Waals surface area (Å²) in [5.41, 5.74) is 1.52. The van der Waals surface area contributed by atoms with Crippen LogP contribution in [-0.2, 0) is 4.79 Å². The topological polar surface area (TPSA) is 47.3 Å². The Morgan fingerprint density at radius 2 is 1.92 bits per heavy atom. The van der Waals surface area contributed by atoms with Gasteiger partial charge in [0.2, 0.25) is 5.91 Å². The molecule has 128 valence electrons. The van der Waals surface area contributed by atoms with E-state index in [-0.39, 0.29) is 5.91 Å². The number of hydrogen-bond donors (Lipinski definition) is 0. The minimum atomic E-state index is 0.290. The molecule has 0 unspecified atom stereocenters. The van der Waals surface area contributed by atoms with Gasteiger partial charge in [-0.3, -0.25) is 4.79 Å². The summed E-state index contributed by atoms with van der Waals surface area (Å²) in [6.07, 6.45) is 7.01. The van der Waals surface area contributed by atoms with Gasteiger partial charge in [-0.2, -0.15) is 5.26 Å². The van der Waals surface area contributed by atoms with Crippen molar-refractivity contribution >= 4 is 23.2 Å². The second-order valence-electron chi connectivity index (χ2n) is 6.83. The molecule has 0 aromatic heterocycles. The molecule has 0 N–H and O–H groups in total. The Hall–Kier alpha value is -1.73. The van der Waals surface area contributed by atoms with Gasteiger partial charge in [-0.05, 0) is 30.5 Å². The first kappa shape index (κ1) is 17.1. The van der Waals surface area contributed by atoms with Gasteiger partial charge in [-0.1, -0.05) is 37.3 Å². The van der Waals surface area contributed by atoms with Crippen LogP contribution in [0.25, 0.3) is 0 Å². The molecule has 1 aliphatic heterocycles. The van der Waals surface area contributed by atoms with Gasteiger partial charge in [0.15, 0.2) is 0 Å². The maximum atomic E-state index is 12.4. The largest absolute Gasteiger partial charge is 0.367 e. The highest BCUT2D eigenvalue weighted by molar-refractivity contribution is 6.30. The lowest BCUT2D eigenvalue weighted by Gasteiger charge is -2.36. The quantitative estimate of drug-likeness (QED) is 0.833. The van der Waals surface area contributed by atoms with Crippen LogP contribution in [0.4, 0.5) is 5.69 Å². The summed E-state index contributed by atoms with van der Waals surface area (Å²) in [6, 6.07) is 7.63. The van der Waals surface area contributed by atoms with Crippen molar-refractivity contribution in [3.63, 3.8) is 0 Å². The predicted molar refractivity (Wildman–Crippen MR) is 96.2 cm³/mol. The van der Waals surface area contributed by atoms with Crippen LogP contribution in [0, 0.1) is 17.2 Å². The molecule has 24 heavy (non-hydrogen) atoms. The molecule has 0 bridgehead atoms. The molecule has 5 heteroatoms. The van der Waals surface area contributed by atoms with Gasteiger partial charge in [0.05, 0.1) is 11.3 Å². The van der Waals surface area contributed by atoms with Crippen molar-refractivity contribution in [1.29, 1.82) is 5.26 Å². The summed E-state index contributed by atoms with van der Waals surface area (Å²) in [4.78, 5) is 16.6. The molecule has 4 nitrogen and oxygen atoms in total. The second kappa shape index (κ2) is 7.90. The van der Waals surface area contributed by atoms with Crippen LogP contribution in [0.1, 0.15) is 44.1 Å². The van der Waals surface area contributed by atoms with E-state index in [1.165, 1.54) is 25.7 Å². The summed E-state index contributed by atoms with van der Waals surface area (Å²) < 4.78 is 0. The van der Waals surface area contributed by atoms with Crippen LogP contribution < -0.4 is 4.90 Å². The van der Waals surface area contributed by atoms with Crippen LogP contribution in [0.3, 0.4) is 0 Å². The fourth-order valence-corrected chi connectivity index (χ4v) is 4.03. The van der Waals surface area contributed by atoms with Crippen LogP contribution in [0.15, 0.2) is 18.2 Å². The fourth-order valence-electron chi connectivity index (χ4n) is 3.86. The van der Waals surface area contributed by atoms with Gasteiger partial charge in [-0.25, -0.2) is 0 Å². The van der Waals surface area contributed by atoms with Gasteiger partial charge in [-0.15, -0.1) is 0 Å². The van der Waals surface area contributed by atoms with Crippen molar-refractivity contribution in [3.8, 4) is 6.07 Å². The Bertz CT molecular complexity index is 626. The molecule has 0 radical (unpaired) electrons. The molecule has 2 aliphatic rings. The van der Waals surface area contributed by atoms with E-state index in [2.05, 4.69) is 11.0 Å². The molecular formula is C19H24ClN3O. The molecule has 1 saturated carbocycles. The number of piperazine rings is 1. The van der Waals surface area contributed by atoms with E-state index in [4.69, 9.17) is 11.6 Å². The Morgan fingerprint density at radius 1 is 1.21 bits per heavy atom. The third kappa shape index (κ3) is 4.02. The minimum Gasteiger partial charge on any atom is -0.367 e. The summed E-state index contributed by atoms with van der Waals surface area (Å²) in [5.74, 6) is 1.06. The van der Waals surface area contributed by atoms with Gasteiger partial charge in [0.1, 0.15) is 6.07 Å². The first-order valence-corrected chi connectivity index (χ1v) is 9.27. The van der Waals surface area contributed by atoms with E-state index >= 15 is 0 Å². The zero-order valence-electron chi connectivity index (χ0n) is 14.0. The highest BCUT2D eigenvalue weighted by Crippen LogP contribution is 2.29. The number of hydrogen-bond acceptors (Lipinski definition) is 3. The normalized spacial score (nSPS) is 18.7. The molecule has 1 aromatic rings. The third-order valence-electron chi connectivity index (χ3n) is 5.29. The molecule has 1 aliphatic carbocycles. The van der Waals surface area contributed by atoms with Gasteiger partial charge in [0, 0.05) is 37.6 Å². The lowest BCUT2D eigenvalue weighted by molar-refractivity contribution is -0.131. The number of anilines is 1. The Balaban J connectivity index is 1.52. The highest BCUT2D eigenvalue weighted by atomic mass is 35.5. The molecule has 1 saturated heterocycles. The van der Waals surface area contributed by atoms with E-state index < -0.39 is 0 Å². The maximum Gasteiger partial charge on any atom is 0.222 e. The highest BCUT2D eigenvalue weighted by Gasteiger charge is 2.24. The SMILES string of the molecule is N#Cc1cc(Cl)ccc1N1CCN(C(=O)CCC2CCCC2)CC1. The van der Waals surface area contributed by atoms with Crippen LogP contribution in [0.5, 0.6) is 0 Å². The number of carbonyl (C=O) groups is 1. The first-order valence-electron chi connectivity index (χ1n) is 8.90. The van der Waals surface area contributed by atoms with Crippen molar-refractivity contribution in [3.05, 3.63) is 28.8 Å². The summed E-state index contributed by atoms with van der Waals surface area (Å²) >= 11 is 5.97. The third-order valence-corrected chi connectivity index (χ3v) is 5.53. The van der Waals surface area contributed by atoms with Crippen molar-refractivity contribution in [2.24, 2.45) is 5.92 Å². The average Bonchev–Trinajstić information content (AvgIpc) is 3.13. The van der Waals surface area contributed by atoms with Gasteiger partial charge in [0.25, 0.3) is 0 Å². The average molecular weight is 346 g/mol. The monoisotopic (exact) mass is 345 g/mol. The van der Waals surface area contributed by atoms with Crippen molar-refractivity contribution in [2.75, 3.05) is 31.1 Å². The van der Waals surface area contributed by atoms with Crippen molar-refractivity contribution < 1.29 is 4.79 Å². The van der Waals surface area contributed by atoms with Crippen LogP contribution in [-0.4, -0.2) is 37.0 Å². The number of nitriles is 1. The standard InChI is InChI=1S/C19H24ClN3O/c20-17-6-7-18(16(13-17)14-21)22-9-11-23(12-10-22)19(24)8-5-15-3-1-2-4-15/h6-7,13,15H,1-5,8-12H2. The Kier molecular flexibility index (Phi) is 5.63. The summed E-state index contributed by atoms with van der Waals surface area (Å²) in [5, 5.41) is 9.87. The van der Waals surface area contributed by atoms with Gasteiger partial charge >= 0.3 is 0 Å². The number of nitrogens with zero attached hydrogens (tertiary/aromatic N) is 3. The molecule has 1 aromatic carbocycles. The summed E-state index contributed by atoms with van der Waals surface area (Å²) in [7, 11) is 0. The zero-order valence-corrected chi connectivity index (χ0v) is 14.8. The molecule has 1 amide bonds. The number of benzene rings is 1. The molecular weight excluding hydrogens is 322 g/mol. The number of carbonyl (C=O) groups excluding carboxylic acids is 1. The smallest absolute Gasteiger partial charge is 0.222 e. The summed E-state index contributed by atoms with van der Waals surface area (Å²) in [6.45, 7) is 3.00. The number of rotatable bonds is 4. The Labute approximate surface area is 149 Å². The lowest BCUT2D eigenvalue weighted by atomic mass is 10.0. The minimum absolute atomic E-state index is 0.290. The molecule has 0 atom stereocenters. The molecule has 0 spiro atoms. The predicted octanol–water partition coefficient (Wildman–Crippen LogP) is 3.83. The van der Waals surface area contributed by atoms with Crippen LogP contribution in [0.2, 0.25) is 5.02 Å². The Morgan fingerprint density at radius 3 is 2.58 bits per heavy atom. The van der Waals surface area contributed by atoms with Gasteiger partial charge < -0.3 is 9.80 Å². The zero-order chi connectivity index (χ0) is 16.9. The maximum absolute atomic E-state index is 12.4. The molecule has 2 fully saturated rings. The van der Waals surface area contributed by atoms with Crippen LogP contribution >= 0.6 is 11.6 Å². The number of halogens is 1. The molecule has 1 heterocycles. The van der Waals surface area contributed by atoms with E-state index in [0.717, 1.165) is 44.2 Å². The molecule has 3 rings (SSSR count). The lowest BCUT2D eigenvalue weighted by Crippen LogP contribution is -2.49. The van der Waals surface area contributed by atoms with Crippen molar-refractivity contribution in [1.82, 2.24) is 4.90 Å².